The summed E-state index contributed by atoms with van der Waals surface area (Å²) in [4.78, 5) is 16.6. The number of nitrogens with one attached hydrogen (secondary N) is 2. The third kappa shape index (κ3) is 6.62. The highest BCUT2D eigenvalue weighted by Gasteiger charge is 2.27. The molecular weight excluding hydrogens is 556 g/mol. The second-order valence-corrected chi connectivity index (χ2v) is 11.3. The molecule has 0 spiro atoms. The average molecular weight is 597 g/mol. The van der Waals surface area contributed by atoms with E-state index < -0.39 is 0 Å². The van der Waals surface area contributed by atoms with E-state index in [-0.39, 0.29) is 12.0 Å². The fourth-order valence-electron chi connectivity index (χ4n) is 5.88. The van der Waals surface area contributed by atoms with Gasteiger partial charge in [-0.2, -0.15) is 10.2 Å². The Hall–Kier alpha value is -4.26. The van der Waals surface area contributed by atoms with Gasteiger partial charge in [-0.25, -0.2) is 9.97 Å². The normalized spacial score (nSPS) is 17.4. The van der Waals surface area contributed by atoms with E-state index in [1.807, 2.05) is 41.1 Å². The van der Waals surface area contributed by atoms with E-state index in [1.54, 1.807) is 7.11 Å². The fraction of sp³-hybridized carbons (Fsp3) is 0.438. The zero-order chi connectivity index (χ0) is 30.5. The molecular formula is C32H40N10O2. The van der Waals surface area contributed by atoms with Crippen LogP contribution < -0.4 is 5.32 Å². The molecule has 1 saturated heterocycles. The summed E-state index contributed by atoms with van der Waals surface area (Å²) in [6.45, 7) is 7.65. The predicted octanol–water partition coefficient (Wildman–Crippen LogP) is 3.75. The van der Waals surface area contributed by atoms with Crippen LogP contribution in [0.3, 0.4) is 0 Å². The number of aryl methyl sites for hydroxylation is 3. The zero-order valence-corrected chi connectivity index (χ0v) is 25.6. The Morgan fingerprint density at radius 3 is 2.84 bits per heavy atom. The summed E-state index contributed by atoms with van der Waals surface area (Å²) in [5.41, 5.74) is 7.17. The Balaban J connectivity index is 1.19. The van der Waals surface area contributed by atoms with Crippen molar-refractivity contribution >= 4 is 24.2 Å². The molecule has 1 fully saturated rings. The van der Waals surface area contributed by atoms with Crippen molar-refractivity contribution in [3.05, 3.63) is 59.5 Å². The lowest BCUT2D eigenvalue weighted by molar-refractivity contribution is -0.0169. The number of rotatable bonds is 12. The maximum atomic E-state index is 8.03. The van der Waals surface area contributed by atoms with Crippen LogP contribution in [0.15, 0.2) is 47.7 Å². The van der Waals surface area contributed by atoms with Crippen LogP contribution in [-0.2, 0) is 35.9 Å². The lowest BCUT2D eigenvalue weighted by Crippen LogP contribution is -2.42. The third-order valence-corrected chi connectivity index (χ3v) is 8.14. The Morgan fingerprint density at radius 1 is 1.18 bits per heavy atom. The highest BCUT2D eigenvalue weighted by Crippen LogP contribution is 2.39. The number of nitrogens with zero attached hydrogens (tertiary/aromatic N) is 8. The highest BCUT2D eigenvalue weighted by atomic mass is 16.5. The van der Waals surface area contributed by atoms with Crippen LogP contribution in [0.1, 0.15) is 29.7 Å². The fourth-order valence-corrected chi connectivity index (χ4v) is 5.88. The molecule has 0 amide bonds. The Labute approximate surface area is 257 Å². The molecule has 2 atom stereocenters. The van der Waals surface area contributed by atoms with Crippen molar-refractivity contribution in [2.24, 2.45) is 12.0 Å². The Bertz CT molecular complexity index is 1610. The molecule has 230 valence electrons. The summed E-state index contributed by atoms with van der Waals surface area (Å²) in [7, 11) is 3.66. The molecule has 0 bridgehead atoms. The molecule has 12 heteroatoms. The Kier molecular flexibility index (Phi) is 9.20. The molecule has 1 aliphatic heterocycles. The van der Waals surface area contributed by atoms with Crippen molar-refractivity contribution in [2.75, 3.05) is 51.8 Å². The summed E-state index contributed by atoms with van der Waals surface area (Å²) in [6, 6.07) is 10.3. The Morgan fingerprint density at radius 2 is 2.05 bits per heavy atom. The van der Waals surface area contributed by atoms with Gasteiger partial charge in [0.05, 0.1) is 55.4 Å². The topological polar surface area (TPSA) is 131 Å². The van der Waals surface area contributed by atoms with Crippen LogP contribution in [0.4, 0.5) is 11.8 Å². The monoisotopic (exact) mass is 596 g/mol. The number of methoxy groups -OCH3 is 1. The van der Waals surface area contributed by atoms with E-state index in [0.717, 1.165) is 78.4 Å². The van der Waals surface area contributed by atoms with Crippen molar-refractivity contribution in [3.8, 4) is 22.5 Å². The van der Waals surface area contributed by atoms with Crippen LogP contribution in [0.5, 0.6) is 0 Å². The molecule has 2 unspecified atom stereocenters. The standard InChI is InChI=1S/C32H40N10O2/c1-22-21-41(14-17-44-22)13-11-34-19-26(18-33)23-4-6-24(7-5-23)31-29-27(38-40(31)2)9-8-25-20-35-32(37-30(25)29)36-28-10-12-42(39-28)15-16-43-3/h4-7,10,12,18-20,22,26,33H,8-9,11,13-17,21H2,1-3H3,(H,35,36,37,39). The minimum atomic E-state index is -0.173. The van der Waals surface area contributed by atoms with E-state index in [4.69, 9.17) is 25.0 Å². The molecule has 1 aromatic carbocycles. The lowest BCUT2D eigenvalue weighted by Gasteiger charge is -2.30. The summed E-state index contributed by atoms with van der Waals surface area (Å²) < 4.78 is 14.5. The minimum Gasteiger partial charge on any atom is -0.383 e. The van der Waals surface area contributed by atoms with Gasteiger partial charge in [0.1, 0.15) is 0 Å². The van der Waals surface area contributed by atoms with Crippen molar-refractivity contribution in [1.82, 2.24) is 34.4 Å². The van der Waals surface area contributed by atoms with Crippen molar-refractivity contribution in [1.29, 1.82) is 5.41 Å². The van der Waals surface area contributed by atoms with Crippen LogP contribution >= 0.6 is 0 Å². The van der Waals surface area contributed by atoms with Gasteiger partial charge in [-0.1, -0.05) is 24.3 Å². The second-order valence-electron chi connectivity index (χ2n) is 11.3. The SMILES string of the molecule is COCCn1ccc(Nc2ncc3c(n2)-c2c(nn(C)c2-c2ccc(C(C=N)C=NCCN4CCOC(C)C4)cc2)CC3)n1. The van der Waals surface area contributed by atoms with Gasteiger partial charge < -0.3 is 20.2 Å². The third-order valence-electron chi connectivity index (χ3n) is 8.14. The minimum absolute atomic E-state index is 0.173. The summed E-state index contributed by atoms with van der Waals surface area (Å²) in [6.07, 6.45) is 9.10. The van der Waals surface area contributed by atoms with Crippen LogP contribution in [0.2, 0.25) is 0 Å². The van der Waals surface area contributed by atoms with E-state index in [2.05, 4.69) is 56.5 Å². The second kappa shape index (κ2) is 13.6. The summed E-state index contributed by atoms with van der Waals surface area (Å²) in [5, 5.41) is 20.7. The average Bonchev–Trinajstić information content (AvgIpc) is 3.63. The molecule has 2 aliphatic rings. The number of ether oxygens (including phenoxy) is 2. The first-order chi connectivity index (χ1) is 21.5. The number of morpholine rings is 1. The first-order valence-corrected chi connectivity index (χ1v) is 15.2. The first kappa shape index (κ1) is 29.8. The van der Waals surface area contributed by atoms with Gasteiger partial charge >= 0.3 is 0 Å². The number of aromatic nitrogens is 6. The number of fused-ring (bicyclic) bond motifs is 3. The van der Waals surface area contributed by atoms with E-state index in [9.17, 15) is 0 Å². The zero-order valence-electron chi connectivity index (χ0n) is 25.6. The van der Waals surface area contributed by atoms with Gasteiger partial charge in [-0.05, 0) is 30.9 Å². The van der Waals surface area contributed by atoms with E-state index >= 15 is 0 Å². The molecule has 3 aromatic heterocycles. The predicted molar refractivity (Wildman–Crippen MR) is 171 cm³/mol. The van der Waals surface area contributed by atoms with E-state index in [1.165, 1.54) is 6.21 Å². The number of hydrogen-bond acceptors (Lipinski definition) is 10. The van der Waals surface area contributed by atoms with Gasteiger partial charge in [0, 0.05) is 75.8 Å². The molecule has 0 saturated carbocycles. The molecule has 1 aliphatic carbocycles. The molecule has 4 heterocycles. The van der Waals surface area contributed by atoms with E-state index in [0.29, 0.717) is 31.5 Å². The summed E-state index contributed by atoms with van der Waals surface area (Å²) in [5.74, 6) is 1.00. The number of aliphatic imine (C=N–C) groups is 1. The van der Waals surface area contributed by atoms with Crippen molar-refractivity contribution in [2.45, 2.75) is 38.3 Å². The number of benzene rings is 1. The van der Waals surface area contributed by atoms with Gasteiger partial charge in [-0.3, -0.25) is 19.3 Å². The molecule has 12 nitrogen and oxygen atoms in total. The first-order valence-electron chi connectivity index (χ1n) is 15.2. The summed E-state index contributed by atoms with van der Waals surface area (Å²) >= 11 is 0. The van der Waals surface area contributed by atoms with Gasteiger partial charge in [0.15, 0.2) is 5.82 Å². The van der Waals surface area contributed by atoms with Crippen molar-refractivity contribution < 1.29 is 9.47 Å². The molecule has 2 N–H and O–H groups in total. The van der Waals surface area contributed by atoms with Crippen LogP contribution in [-0.4, -0.2) is 99.5 Å². The number of anilines is 2. The molecule has 0 radical (unpaired) electrons. The molecule has 44 heavy (non-hydrogen) atoms. The largest absolute Gasteiger partial charge is 0.383 e. The molecule has 4 aromatic rings. The van der Waals surface area contributed by atoms with Crippen LogP contribution in [0.25, 0.3) is 22.5 Å². The lowest BCUT2D eigenvalue weighted by atomic mass is 9.91. The number of hydrogen-bond donors (Lipinski definition) is 2. The maximum absolute atomic E-state index is 8.03. The highest BCUT2D eigenvalue weighted by molar-refractivity contribution is 5.90. The quantitative estimate of drug-likeness (QED) is 0.237. The van der Waals surface area contributed by atoms with Gasteiger partial charge in [0.2, 0.25) is 5.95 Å². The van der Waals surface area contributed by atoms with Gasteiger partial charge in [0.25, 0.3) is 0 Å². The smallest absolute Gasteiger partial charge is 0.228 e. The van der Waals surface area contributed by atoms with Crippen LogP contribution in [0, 0.1) is 5.41 Å². The van der Waals surface area contributed by atoms with Crippen molar-refractivity contribution in [3.63, 3.8) is 0 Å². The molecule has 6 rings (SSSR count). The maximum Gasteiger partial charge on any atom is 0.228 e. The van der Waals surface area contributed by atoms with Gasteiger partial charge in [-0.15, -0.1) is 0 Å².